The first-order valence-electron chi connectivity index (χ1n) is 5.35. The van der Waals surface area contributed by atoms with Gasteiger partial charge in [0.15, 0.2) is 6.79 Å². The Kier molecular flexibility index (Phi) is 6.21. The highest BCUT2D eigenvalue weighted by molar-refractivity contribution is 9.10. The molecule has 0 aliphatic carbocycles. The fraction of sp³-hybridized carbons (Fsp3) is 0.455. The Morgan fingerprint density at radius 3 is 2.53 bits per heavy atom. The largest absolute Gasteiger partial charge is 0.466 e. The molecule has 2 N–H and O–H groups in total. The number of methoxy groups -OCH3 is 1. The summed E-state index contributed by atoms with van der Waals surface area (Å²) in [6.45, 7) is 0.286. The molecule has 0 amide bonds. The predicted molar refractivity (Wildman–Crippen MR) is 74.2 cm³/mol. The van der Waals surface area contributed by atoms with Gasteiger partial charge in [0.25, 0.3) is 10.1 Å². The predicted octanol–water partition coefficient (Wildman–Crippen LogP) is 1.37. The first kappa shape index (κ1) is 16.4. The Labute approximate surface area is 121 Å². The molecule has 0 fully saturated rings. The van der Waals surface area contributed by atoms with Crippen molar-refractivity contribution in [3.8, 4) is 5.75 Å². The quantitative estimate of drug-likeness (QED) is 0.588. The second kappa shape index (κ2) is 7.20. The van der Waals surface area contributed by atoms with E-state index in [0.29, 0.717) is 21.3 Å². The normalized spacial score (nSPS) is 11.6. The maximum Gasteiger partial charge on any atom is 0.271 e. The van der Waals surface area contributed by atoms with E-state index in [1.807, 2.05) is 0 Å². The number of benzene rings is 1. The van der Waals surface area contributed by atoms with E-state index in [2.05, 4.69) is 20.1 Å². The highest BCUT2D eigenvalue weighted by Crippen LogP contribution is 2.32. The monoisotopic (exact) mass is 353 g/mol. The standard InChI is InChI=1S/C11H16BrNO5S/c1-16-7-18-10-4-3-8(5-13)9(11(10)12)6-19(14,15)17-2/h3-4H,5-7,13H2,1-2H3. The van der Waals surface area contributed by atoms with Gasteiger partial charge in [0.2, 0.25) is 0 Å². The van der Waals surface area contributed by atoms with Gasteiger partial charge in [0.05, 0.1) is 11.6 Å². The van der Waals surface area contributed by atoms with Crippen LogP contribution in [0, 0.1) is 0 Å². The minimum atomic E-state index is -3.64. The van der Waals surface area contributed by atoms with Crippen molar-refractivity contribution in [1.82, 2.24) is 0 Å². The van der Waals surface area contributed by atoms with Gasteiger partial charge in [-0.3, -0.25) is 4.18 Å². The maximum absolute atomic E-state index is 11.6. The molecule has 0 aliphatic rings. The van der Waals surface area contributed by atoms with E-state index in [-0.39, 0.29) is 19.1 Å². The van der Waals surface area contributed by atoms with Crippen LogP contribution in [-0.2, 0) is 31.3 Å². The average molecular weight is 354 g/mol. The molecular formula is C11H16BrNO5S. The van der Waals surface area contributed by atoms with Gasteiger partial charge in [-0.25, -0.2) is 0 Å². The van der Waals surface area contributed by atoms with Crippen LogP contribution in [0.2, 0.25) is 0 Å². The van der Waals surface area contributed by atoms with Gasteiger partial charge >= 0.3 is 0 Å². The summed E-state index contributed by atoms with van der Waals surface area (Å²) < 4.78 is 38.3. The molecule has 0 saturated carbocycles. The Morgan fingerprint density at radius 1 is 1.32 bits per heavy atom. The van der Waals surface area contributed by atoms with Crippen LogP contribution in [0.5, 0.6) is 5.75 Å². The number of rotatable bonds is 7. The molecule has 6 nitrogen and oxygen atoms in total. The Morgan fingerprint density at radius 2 is 2.00 bits per heavy atom. The molecule has 1 rings (SSSR count). The topological polar surface area (TPSA) is 87.9 Å². The highest BCUT2D eigenvalue weighted by atomic mass is 79.9. The lowest BCUT2D eigenvalue weighted by Crippen LogP contribution is -2.11. The van der Waals surface area contributed by atoms with Crippen LogP contribution in [0.3, 0.4) is 0 Å². The average Bonchev–Trinajstić information content (AvgIpc) is 2.39. The lowest BCUT2D eigenvalue weighted by Gasteiger charge is -2.14. The van der Waals surface area contributed by atoms with Crippen molar-refractivity contribution in [2.45, 2.75) is 12.3 Å². The van der Waals surface area contributed by atoms with Gasteiger partial charge in [0.1, 0.15) is 11.5 Å². The summed E-state index contributed by atoms with van der Waals surface area (Å²) in [5.41, 5.74) is 6.84. The van der Waals surface area contributed by atoms with Crippen molar-refractivity contribution < 1.29 is 22.1 Å². The molecule has 0 heterocycles. The van der Waals surface area contributed by atoms with E-state index in [4.69, 9.17) is 15.2 Å². The molecule has 0 spiro atoms. The van der Waals surface area contributed by atoms with Crippen molar-refractivity contribution >= 4 is 26.0 Å². The Balaban J connectivity index is 3.18. The molecule has 0 radical (unpaired) electrons. The second-order valence-electron chi connectivity index (χ2n) is 3.64. The molecule has 19 heavy (non-hydrogen) atoms. The summed E-state index contributed by atoms with van der Waals surface area (Å²) in [5.74, 6) is 0.209. The van der Waals surface area contributed by atoms with Gasteiger partial charge < -0.3 is 15.2 Å². The number of halogens is 1. The summed E-state index contributed by atoms with van der Waals surface area (Å²) >= 11 is 3.33. The third-order valence-corrected chi connectivity index (χ3v) is 4.45. The molecule has 0 bridgehead atoms. The van der Waals surface area contributed by atoms with Gasteiger partial charge in [0, 0.05) is 13.7 Å². The molecule has 0 saturated heterocycles. The van der Waals surface area contributed by atoms with E-state index in [0.717, 1.165) is 7.11 Å². The maximum atomic E-state index is 11.6. The lowest BCUT2D eigenvalue weighted by molar-refractivity contribution is 0.0505. The minimum absolute atomic E-state index is 0.0665. The van der Waals surface area contributed by atoms with Crippen LogP contribution in [0.25, 0.3) is 0 Å². The summed E-state index contributed by atoms with van der Waals surface area (Å²) in [7, 11) is -1.02. The molecule has 1 aromatic rings. The SMILES string of the molecule is COCOc1ccc(CN)c(CS(=O)(=O)OC)c1Br. The third kappa shape index (κ3) is 4.43. The van der Waals surface area contributed by atoms with Crippen molar-refractivity contribution in [3.63, 3.8) is 0 Å². The molecule has 0 aliphatic heterocycles. The van der Waals surface area contributed by atoms with Crippen LogP contribution < -0.4 is 10.5 Å². The summed E-state index contributed by atoms with van der Waals surface area (Å²) in [6, 6.07) is 3.42. The smallest absolute Gasteiger partial charge is 0.271 e. The molecule has 0 atom stereocenters. The van der Waals surface area contributed by atoms with Crippen molar-refractivity contribution in [1.29, 1.82) is 0 Å². The van der Waals surface area contributed by atoms with Gasteiger partial charge in [-0.15, -0.1) is 0 Å². The highest BCUT2D eigenvalue weighted by Gasteiger charge is 2.18. The van der Waals surface area contributed by atoms with Gasteiger partial charge in [-0.2, -0.15) is 8.42 Å². The van der Waals surface area contributed by atoms with Crippen LogP contribution in [0.4, 0.5) is 0 Å². The molecule has 1 aromatic carbocycles. The fourth-order valence-corrected chi connectivity index (χ4v) is 3.08. The Bertz CT molecular complexity index is 532. The zero-order chi connectivity index (χ0) is 14.5. The molecule has 0 unspecified atom stereocenters. The number of nitrogens with two attached hydrogens (primary N) is 1. The van der Waals surface area contributed by atoms with E-state index in [1.54, 1.807) is 12.1 Å². The molecule has 0 aromatic heterocycles. The fourth-order valence-electron chi connectivity index (χ4n) is 1.46. The minimum Gasteiger partial charge on any atom is -0.466 e. The van der Waals surface area contributed by atoms with E-state index in [1.165, 1.54) is 7.11 Å². The zero-order valence-electron chi connectivity index (χ0n) is 10.7. The number of hydrogen-bond donors (Lipinski definition) is 1. The zero-order valence-corrected chi connectivity index (χ0v) is 13.1. The van der Waals surface area contributed by atoms with Crippen LogP contribution >= 0.6 is 15.9 Å². The van der Waals surface area contributed by atoms with Crippen molar-refractivity contribution in [3.05, 3.63) is 27.7 Å². The summed E-state index contributed by atoms with van der Waals surface area (Å²) in [6.07, 6.45) is 0. The summed E-state index contributed by atoms with van der Waals surface area (Å²) in [5, 5.41) is 0. The van der Waals surface area contributed by atoms with E-state index in [9.17, 15) is 8.42 Å². The lowest BCUT2D eigenvalue weighted by atomic mass is 10.1. The van der Waals surface area contributed by atoms with Crippen molar-refractivity contribution in [2.24, 2.45) is 5.73 Å². The van der Waals surface area contributed by atoms with E-state index < -0.39 is 10.1 Å². The summed E-state index contributed by atoms with van der Waals surface area (Å²) in [4.78, 5) is 0. The van der Waals surface area contributed by atoms with Crippen molar-refractivity contribution in [2.75, 3.05) is 21.0 Å². The second-order valence-corrected chi connectivity index (χ2v) is 6.17. The Hall–Kier alpha value is -0.670. The first-order chi connectivity index (χ1) is 8.95. The van der Waals surface area contributed by atoms with Crippen LogP contribution in [-0.4, -0.2) is 29.4 Å². The first-order valence-corrected chi connectivity index (χ1v) is 7.72. The van der Waals surface area contributed by atoms with Crippen LogP contribution in [0.1, 0.15) is 11.1 Å². The van der Waals surface area contributed by atoms with Crippen LogP contribution in [0.15, 0.2) is 16.6 Å². The van der Waals surface area contributed by atoms with Gasteiger partial charge in [-0.05, 0) is 33.1 Å². The number of hydrogen-bond acceptors (Lipinski definition) is 6. The van der Waals surface area contributed by atoms with E-state index >= 15 is 0 Å². The third-order valence-electron chi connectivity index (χ3n) is 2.43. The molecular weight excluding hydrogens is 338 g/mol. The molecule has 8 heteroatoms. The number of ether oxygens (including phenoxy) is 2. The van der Waals surface area contributed by atoms with Gasteiger partial charge in [-0.1, -0.05) is 6.07 Å². The molecule has 108 valence electrons.